The van der Waals surface area contributed by atoms with Crippen molar-refractivity contribution in [2.75, 3.05) is 12.4 Å². The maximum Gasteiger partial charge on any atom is 0.228 e. The summed E-state index contributed by atoms with van der Waals surface area (Å²) in [4.78, 5) is 12.2. The summed E-state index contributed by atoms with van der Waals surface area (Å²) in [5.41, 5.74) is 2.00. The average molecular weight is 350 g/mol. The van der Waals surface area contributed by atoms with Gasteiger partial charge in [-0.05, 0) is 30.3 Å². The highest BCUT2D eigenvalue weighted by atomic mass is 35.5. The summed E-state index contributed by atoms with van der Waals surface area (Å²) in [6.45, 7) is 0. The monoisotopic (exact) mass is 349 g/mol. The molecule has 4 nitrogen and oxygen atoms in total. The molecule has 0 fully saturated rings. The predicted octanol–water partition coefficient (Wildman–Crippen LogP) is 4.93. The lowest BCUT2D eigenvalue weighted by Crippen LogP contribution is -2.14. The lowest BCUT2D eigenvalue weighted by molar-refractivity contribution is -0.115. The fourth-order valence-corrected chi connectivity index (χ4v) is 2.74. The first kappa shape index (κ1) is 15.7. The van der Waals surface area contributed by atoms with Crippen LogP contribution >= 0.6 is 23.2 Å². The van der Waals surface area contributed by atoms with Crippen molar-refractivity contribution in [3.05, 3.63) is 58.3 Å². The number of halogens is 2. The summed E-state index contributed by atoms with van der Waals surface area (Å²) in [6, 6.07) is 10.4. The minimum atomic E-state index is -0.187. The minimum absolute atomic E-state index is 0.179. The highest BCUT2D eigenvalue weighted by Crippen LogP contribution is 2.28. The van der Waals surface area contributed by atoms with Crippen molar-refractivity contribution >= 4 is 45.8 Å². The van der Waals surface area contributed by atoms with E-state index in [-0.39, 0.29) is 12.3 Å². The van der Waals surface area contributed by atoms with E-state index in [2.05, 4.69) is 5.32 Å². The zero-order valence-electron chi connectivity index (χ0n) is 12.2. The van der Waals surface area contributed by atoms with E-state index in [1.807, 2.05) is 12.1 Å². The van der Waals surface area contributed by atoms with Crippen LogP contribution in [0.3, 0.4) is 0 Å². The van der Waals surface area contributed by atoms with E-state index >= 15 is 0 Å². The summed E-state index contributed by atoms with van der Waals surface area (Å²) in [6.07, 6.45) is 1.76. The molecule has 1 heterocycles. The molecule has 0 aliphatic heterocycles. The number of amides is 1. The molecule has 2 aromatic carbocycles. The Bertz CT molecular complexity index is 873. The molecule has 3 rings (SSSR count). The first-order valence-corrected chi connectivity index (χ1v) is 7.61. The van der Waals surface area contributed by atoms with Crippen LogP contribution in [0.1, 0.15) is 5.56 Å². The number of hydrogen-bond donors (Lipinski definition) is 1. The van der Waals surface area contributed by atoms with E-state index in [0.717, 1.165) is 10.9 Å². The number of carbonyl (C=O) groups is 1. The van der Waals surface area contributed by atoms with E-state index in [1.165, 1.54) is 0 Å². The smallest absolute Gasteiger partial charge is 0.228 e. The van der Waals surface area contributed by atoms with Crippen LogP contribution < -0.4 is 10.1 Å². The molecule has 1 N–H and O–H groups in total. The molecular formula is C17H13Cl2NO3. The molecule has 1 aromatic heterocycles. The fourth-order valence-electron chi connectivity index (χ4n) is 2.29. The van der Waals surface area contributed by atoms with Crippen LogP contribution in [-0.4, -0.2) is 13.0 Å². The first-order chi connectivity index (χ1) is 11.1. The van der Waals surface area contributed by atoms with E-state index in [0.29, 0.717) is 27.1 Å². The summed E-state index contributed by atoms with van der Waals surface area (Å²) >= 11 is 11.9. The second-order valence-corrected chi connectivity index (χ2v) is 5.82. The Labute approximate surface area is 142 Å². The van der Waals surface area contributed by atoms with Crippen LogP contribution in [0, 0.1) is 0 Å². The van der Waals surface area contributed by atoms with Crippen molar-refractivity contribution in [3.8, 4) is 5.75 Å². The molecule has 0 spiro atoms. The lowest BCUT2D eigenvalue weighted by atomic mass is 10.1. The largest absolute Gasteiger partial charge is 0.497 e. The standard InChI is InChI=1S/C17H13Cl2NO3/c1-22-12-3-4-13-10(9-23-16(13)8-12)6-17(21)20-15-5-2-11(18)7-14(15)19/h2-5,7-9H,6H2,1H3,(H,20,21). The minimum Gasteiger partial charge on any atom is -0.497 e. The Morgan fingerprint density at radius 3 is 2.78 bits per heavy atom. The van der Waals surface area contributed by atoms with Gasteiger partial charge < -0.3 is 14.5 Å². The summed E-state index contributed by atoms with van der Waals surface area (Å²) in [5.74, 6) is 0.517. The fraction of sp³-hybridized carbons (Fsp3) is 0.118. The molecule has 0 saturated heterocycles. The number of nitrogens with one attached hydrogen (secondary N) is 1. The molecule has 0 saturated carbocycles. The Hall–Kier alpha value is -2.17. The highest BCUT2D eigenvalue weighted by Gasteiger charge is 2.12. The van der Waals surface area contributed by atoms with Gasteiger partial charge in [-0.1, -0.05) is 23.2 Å². The number of anilines is 1. The maximum atomic E-state index is 12.2. The summed E-state index contributed by atoms with van der Waals surface area (Å²) in [5, 5.41) is 4.56. The predicted molar refractivity (Wildman–Crippen MR) is 91.6 cm³/mol. The van der Waals surface area contributed by atoms with Crippen LogP contribution in [0.4, 0.5) is 5.69 Å². The van der Waals surface area contributed by atoms with E-state index < -0.39 is 0 Å². The summed E-state index contributed by atoms with van der Waals surface area (Å²) in [7, 11) is 1.59. The molecule has 0 aliphatic rings. The van der Waals surface area contributed by atoms with E-state index in [1.54, 1.807) is 37.6 Å². The quantitative estimate of drug-likeness (QED) is 0.726. The number of ether oxygens (including phenoxy) is 1. The average Bonchev–Trinajstić information content (AvgIpc) is 2.92. The third-order valence-corrected chi connectivity index (χ3v) is 3.97. The molecule has 3 aromatic rings. The molecule has 23 heavy (non-hydrogen) atoms. The highest BCUT2D eigenvalue weighted by molar-refractivity contribution is 6.36. The van der Waals surface area contributed by atoms with Gasteiger partial charge in [-0.2, -0.15) is 0 Å². The number of fused-ring (bicyclic) bond motifs is 1. The van der Waals surface area contributed by atoms with Crippen LogP contribution in [0.25, 0.3) is 11.0 Å². The van der Waals surface area contributed by atoms with Crippen molar-refractivity contribution in [1.82, 2.24) is 0 Å². The van der Waals surface area contributed by atoms with Crippen LogP contribution in [0.15, 0.2) is 47.1 Å². The third-order valence-electron chi connectivity index (χ3n) is 3.42. The molecule has 1 amide bonds. The van der Waals surface area contributed by atoms with Gasteiger partial charge in [0.2, 0.25) is 5.91 Å². The van der Waals surface area contributed by atoms with Crippen LogP contribution in [0.5, 0.6) is 5.75 Å². The molecular weight excluding hydrogens is 337 g/mol. The van der Waals surface area contributed by atoms with Gasteiger partial charge in [0.05, 0.1) is 30.5 Å². The van der Waals surface area contributed by atoms with Crippen molar-refractivity contribution < 1.29 is 13.9 Å². The van der Waals surface area contributed by atoms with E-state index in [4.69, 9.17) is 32.4 Å². The molecule has 118 valence electrons. The van der Waals surface area contributed by atoms with Crippen molar-refractivity contribution in [2.45, 2.75) is 6.42 Å². The number of rotatable bonds is 4. The number of carbonyl (C=O) groups excluding carboxylic acids is 1. The topological polar surface area (TPSA) is 51.5 Å². The van der Waals surface area contributed by atoms with Gasteiger partial charge in [0.15, 0.2) is 0 Å². The van der Waals surface area contributed by atoms with Gasteiger partial charge in [-0.3, -0.25) is 4.79 Å². The Kier molecular flexibility index (Phi) is 4.46. The molecule has 0 aliphatic carbocycles. The summed E-state index contributed by atoms with van der Waals surface area (Å²) < 4.78 is 10.6. The normalized spacial score (nSPS) is 10.7. The van der Waals surface area contributed by atoms with E-state index in [9.17, 15) is 4.79 Å². The van der Waals surface area contributed by atoms with Crippen molar-refractivity contribution in [2.24, 2.45) is 0 Å². The van der Waals surface area contributed by atoms with Crippen LogP contribution in [0.2, 0.25) is 10.0 Å². The Morgan fingerprint density at radius 2 is 2.04 bits per heavy atom. The van der Waals surface area contributed by atoms with Crippen molar-refractivity contribution in [1.29, 1.82) is 0 Å². The second kappa shape index (κ2) is 6.52. The van der Waals surface area contributed by atoms with Gasteiger partial charge in [-0.25, -0.2) is 0 Å². The van der Waals surface area contributed by atoms with Gasteiger partial charge in [0.25, 0.3) is 0 Å². The maximum absolute atomic E-state index is 12.2. The number of furan rings is 1. The Balaban J connectivity index is 1.77. The van der Waals surface area contributed by atoms with Gasteiger partial charge in [0.1, 0.15) is 11.3 Å². The van der Waals surface area contributed by atoms with Gasteiger partial charge in [0, 0.05) is 22.0 Å². The number of methoxy groups -OCH3 is 1. The zero-order valence-corrected chi connectivity index (χ0v) is 13.7. The number of hydrogen-bond acceptors (Lipinski definition) is 3. The van der Waals surface area contributed by atoms with Gasteiger partial charge >= 0.3 is 0 Å². The molecule has 0 unspecified atom stereocenters. The first-order valence-electron chi connectivity index (χ1n) is 6.86. The SMILES string of the molecule is COc1ccc2c(CC(=O)Nc3ccc(Cl)cc3Cl)coc2c1. The van der Waals surface area contributed by atoms with Crippen molar-refractivity contribution in [3.63, 3.8) is 0 Å². The third kappa shape index (κ3) is 3.44. The van der Waals surface area contributed by atoms with Crippen LogP contribution in [-0.2, 0) is 11.2 Å². The molecule has 0 atom stereocenters. The van der Waals surface area contributed by atoms with Gasteiger partial charge in [-0.15, -0.1) is 0 Å². The molecule has 0 bridgehead atoms. The molecule has 6 heteroatoms. The Morgan fingerprint density at radius 1 is 1.22 bits per heavy atom. The zero-order chi connectivity index (χ0) is 16.4. The molecule has 0 radical (unpaired) electrons. The second-order valence-electron chi connectivity index (χ2n) is 4.97. The lowest BCUT2D eigenvalue weighted by Gasteiger charge is -2.07. The number of benzene rings is 2.